The first-order chi connectivity index (χ1) is 8.08. The van der Waals surface area contributed by atoms with Gasteiger partial charge < -0.3 is 9.64 Å². The Morgan fingerprint density at radius 3 is 2.59 bits per heavy atom. The van der Waals surface area contributed by atoms with Crippen molar-refractivity contribution in [3.8, 4) is 0 Å². The molecule has 1 fully saturated rings. The summed E-state index contributed by atoms with van der Waals surface area (Å²) in [4.78, 5) is 13.4. The molecular formula is C14H19NO2. The molecule has 0 N–H and O–H groups in total. The van der Waals surface area contributed by atoms with Crippen LogP contribution in [0.4, 0.5) is 0 Å². The molecular weight excluding hydrogens is 214 g/mol. The van der Waals surface area contributed by atoms with Crippen LogP contribution in [0.1, 0.15) is 31.1 Å². The molecule has 92 valence electrons. The van der Waals surface area contributed by atoms with Crippen molar-refractivity contribution < 1.29 is 9.53 Å². The van der Waals surface area contributed by atoms with Crippen molar-refractivity contribution in [2.45, 2.75) is 32.9 Å². The minimum Gasteiger partial charge on any atom is -0.370 e. The van der Waals surface area contributed by atoms with Crippen LogP contribution in [-0.4, -0.2) is 30.0 Å². The van der Waals surface area contributed by atoms with Crippen molar-refractivity contribution in [3.63, 3.8) is 0 Å². The van der Waals surface area contributed by atoms with E-state index >= 15 is 0 Å². The average Bonchev–Trinajstić information content (AvgIpc) is 2.30. The molecule has 0 aromatic heterocycles. The summed E-state index contributed by atoms with van der Waals surface area (Å²) in [6.45, 7) is 6.97. The molecule has 1 heterocycles. The first-order valence-corrected chi connectivity index (χ1v) is 6.03. The van der Waals surface area contributed by atoms with E-state index in [1.54, 1.807) is 6.92 Å². The molecule has 1 aliphatic heterocycles. The summed E-state index contributed by atoms with van der Waals surface area (Å²) in [6.07, 6.45) is 0.00991. The van der Waals surface area contributed by atoms with E-state index in [9.17, 15) is 4.79 Å². The lowest BCUT2D eigenvalue weighted by atomic mass is 10.0. The van der Waals surface area contributed by atoms with E-state index in [1.165, 1.54) is 5.56 Å². The Kier molecular flexibility index (Phi) is 3.48. The molecule has 1 aromatic rings. The number of rotatable bonds is 1. The third kappa shape index (κ3) is 2.67. The Morgan fingerprint density at radius 2 is 2.00 bits per heavy atom. The molecule has 2 atom stereocenters. The standard InChI is InChI=1S/C14H19NO2/c1-10-4-6-13(7-5-10)14-8-15(12(3)16)11(2)9-17-14/h4-7,11,14H,8-9H2,1-3H3. The third-order valence-corrected chi connectivity index (χ3v) is 3.29. The molecule has 0 aliphatic carbocycles. The SMILES string of the molecule is CC(=O)N1CC(c2ccc(C)cc2)OCC1C. The zero-order chi connectivity index (χ0) is 12.4. The number of carbonyl (C=O) groups is 1. The number of hydrogen-bond acceptors (Lipinski definition) is 2. The topological polar surface area (TPSA) is 29.5 Å². The second-order valence-corrected chi connectivity index (χ2v) is 4.75. The van der Waals surface area contributed by atoms with Gasteiger partial charge in [-0.05, 0) is 19.4 Å². The smallest absolute Gasteiger partial charge is 0.219 e. The van der Waals surface area contributed by atoms with Gasteiger partial charge in [0.15, 0.2) is 0 Å². The van der Waals surface area contributed by atoms with E-state index in [4.69, 9.17) is 4.74 Å². The molecule has 1 aliphatic rings. The fourth-order valence-corrected chi connectivity index (χ4v) is 2.18. The van der Waals surface area contributed by atoms with Crippen LogP contribution < -0.4 is 0 Å². The normalized spacial score (nSPS) is 24.8. The second-order valence-electron chi connectivity index (χ2n) is 4.75. The Bertz CT molecular complexity index is 399. The van der Waals surface area contributed by atoms with E-state index < -0.39 is 0 Å². The van der Waals surface area contributed by atoms with Crippen molar-refractivity contribution in [3.05, 3.63) is 35.4 Å². The van der Waals surface area contributed by atoms with Crippen LogP contribution in [0.2, 0.25) is 0 Å². The highest BCUT2D eigenvalue weighted by Crippen LogP contribution is 2.25. The monoisotopic (exact) mass is 233 g/mol. The van der Waals surface area contributed by atoms with Gasteiger partial charge in [0.05, 0.1) is 19.2 Å². The molecule has 0 radical (unpaired) electrons. The van der Waals surface area contributed by atoms with Gasteiger partial charge in [0, 0.05) is 6.92 Å². The van der Waals surface area contributed by atoms with E-state index in [2.05, 4.69) is 31.2 Å². The van der Waals surface area contributed by atoms with Crippen LogP contribution in [0.3, 0.4) is 0 Å². The molecule has 2 unspecified atom stereocenters. The highest BCUT2D eigenvalue weighted by atomic mass is 16.5. The van der Waals surface area contributed by atoms with Crippen molar-refractivity contribution >= 4 is 5.91 Å². The number of carbonyl (C=O) groups excluding carboxylic acids is 1. The minimum absolute atomic E-state index is 0.00991. The summed E-state index contributed by atoms with van der Waals surface area (Å²) in [6, 6.07) is 8.49. The fourth-order valence-electron chi connectivity index (χ4n) is 2.18. The van der Waals surface area contributed by atoms with Gasteiger partial charge in [0.2, 0.25) is 5.91 Å². The number of aryl methyl sites for hydroxylation is 1. The van der Waals surface area contributed by atoms with Crippen molar-refractivity contribution in [2.75, 3.05) is 13.2 Å². The number of ether oxygens (including phenoxy) is 1. The molecule has 1 saturated heterocycles. The summed E-state index contributed by atoms with van der Waals surface area (Å²) in [5, 5.41) is 0. The van der Waals surface area contributed by atoms with Gasteiger partial charge in [-0.2, -0.15) is 0 Å². The van der Waals surface area contributed by atoms with Crippen LogP contribution in [0.25, 0.3) is 0 Å². The van der Waals surface area contributed by atoms with E-state index in [1.807, 2.05) is 11.8 Å². The van der Waals surface area contributed by atoms with Crippen molar-refractivity contribution in [1.82, 2.24) is 4.90 Å². The predicted molar refractivity (Wildman–Crippen MR) is 66.7 cm³/mol. The van der Waals surface area contributed by atoms with Gasteiger partial charge >= 0.3 is 0 Å². The molecule has 0 spiro atoms. The van der Waals surface area contributed by atoms with Crippen LogP contribution in [-0.2, 0) is 9.53 Å². The summed E-state index contributed by atoms with van der Waals surface area (Å²) in [7, 11) is 0. The van der Waals surface area contributed by atoms with Crippen molar-refractivity contribution in [2.24, 2.45) is 0 Å². The maximum Gasteiger partial charge on any atom is 0.219 e. The molecule has 3 heteroatoms. The maximum absolute atomic E-state index is 11.5. The molecule has 17 heavy (non-hydrogen) atoms. The zero-order valence-corrected chi connectivity index (χ0v) is 10.6. The highest BCUT2D eigenvalue weighted by Gasteiger charge is 2.28. The van der Waals surface area contributed by atoms with Gasteiger partial charge in [0.25, 0.3) is 0 Å². The molecule has 1 aromatic carbocycles. The fraction of sp³-hybridized carbons (Fsp3) is 0.500. The molecule has 2 rings (SSSR count). The second kappa shape index (κ2) is 4.88. The Morgan fingerprint density at radius 1 is 1.35 bits per heavy atom. The van der Waals surface area contributed by atoms with E-state index in [0.717, 1.165) is 5.56 Å². The number of benzene rings is 1. The van der Waals surface area contributed by atoms with Gasteiger partial charge in [-0.3, -0.25) is 4.79 Å². The van der Waals surface area contributed by atoms with Gasteiger partial charge in [-0.25, -0.2) is 0 Å². The maximum atomic E-state index is 11.5. The minimum atomic E-state index is 0.00991. The first-order valence-electron chi connectivity index (χ1n) is 6.03. The lowest BCUT2D eigenvalue weighted by molar-refractivity contribution is -0.142. The Hall–Kier alpha value is -1.35. The summed E-state index contributed by atoms with van der Waals surface area (Å²) < 4.78 is 5.80. The number of morpholine rings is 1. The molecule has 1 amide bonds. The largest absolute Gasteiger partial charge is 0.370 e. The molecule has 0 bridgehead atoms. The number of hydrogen-bond donors (Lipinski definition) is 0. The van der Waals surface area contributed by atoms with Gasteiger partial charge in [0.1, 0.15) is 6.10 Å². The molecule has 0 saturated carbocycles. The average molecular weight is 233 g/mol. The van der Waals surface area contributed by atoms with E-state index in [-0.39, 0.29) is 18.1 Å². The first kappa shape index (κ1) is 12.1. The third-order valence-electron chi connectivity index (χ3n) is 3.29. The lowest BCUT2D eigenvalue weighted by Crippen LogP contribution is -2.47. The van der Waals surface area contributed by atoms with Crippen LogP contribution in [0, 0.1) is 6.92 Å². The molecule has 3 nitrogen and oxygen atoms in total. The van der Waals surface area contributed by atoms with E-state index in [0.29, 0.717) is 13.2 Å². The summed E-state index contributed by atoms with van der Waals surface area (Å²) in [5.41, 5.74) is 2.38. The van der Waals surface area contributed by atoms with Crippen LogP contribution in [0.5, 0.6) is 0 Å². The van der Waals surface area contributed by atoms with Gasteiger partial charge in [-0.1, -0.05) is 29.8 Å². The van der Waals surface area contributed by atoms with Crippen LogP contribution >= 0.6 is 0 Å². The number of nitrogens with zero attached hydrogens (tertiary/aromatic N) is 1. The summed E-state index contributed by atoms with van der Waals surface area (Å²) in [5.74, 6) is 0.123. The van der Waals surface area contributed by atoms with Crippen molar-refractivity contribution in [1.29, 1.82) is 0 Å². The Labute approximate surface area is 102 Å². The van der Waals surface area contributed by atoms with Crippen LogP contribution in [0.15, 0.2) is 24.3 Å². The quantitative estimate of drug-likeness (QED) is 0.745. The van der Waals surface area contributed by atoms with Gasteiger partial charge in [-0.15, -0.1) is 0 Å². The Balaban J connectivity index is 2.13. The zero-order valence-electron chi connectivity index (χ0n) is 10.6. The summed E-state index contributed by atoms with van der Waals surface area (Å²) >= 11 is 0. The number of amides is 1. The highest BCUT2D eigenvalue weighted by molar-refractivity contribution is 5.73. The lowest BCUT2D eigenvalue weighted by Gasteiger charge is -2.37. The predicted octanol–water partition coefficient (Wildman–Crippen LogP) is 2.30.